The summed E-state index contributed by atoms with van der Waals surface area (Å²) in [5, 5.41) is 2.39. The molecular weight excluding hydrogens is 168 g/mol. The smallest absolute Gasteiger partial charge is 0.217 e. The molecule has 0 spiro atoms. The van der Waals surface area contributed by atoms with E-state index in [9.17, 15) is 9.59 Å². The zero-order chi connectivity index (χ0) is 10.9. The van der Waals surface area contributed by atoms with Crippen molar-refractivity contribution >= 4 is 11.8 Å². The zero-order valence-electron chi connectivity index (χ0n) is 8.89. The second-order valence-electron chi connectivity index (χ2n) is 2.99. The number of carbonyl (C=O) groups is 2. The van der Waals surface area contributed by atoms with Gasteiger partial charge in [0.2, 0.25) is 11.8 Å². The fourth-order valence-corrected chi connectivity index (χ4v) is 0.488. The highest BCUT2D eigenvalue weighted by Gasteiger charge is 2.00. The lowest BCUT2D eigenvalue weighted by molar-refractivity contribution is -0.119. The van der Waals surface area contributed by atoms with Gasteiger partial charge in [-0.1, -0.05) is 20.3 Å². The molecule has 4 heteroatoms. The lowest BCUT2D eigenvalue weighted by atomic mass is 10.1. The van der Waals surface area contributed by atoms with Crippen LogP contribution in [0.3, 0.4) is 0 Å². The second kappa shape index (κ2) is 9.03. The summed E-state index contributed by atoms with van der Waals surface area (Å²) in [6.07, 6.45) is 1.55. The molecule has 1 atom stereocenters. The van der Waals surface area contributed by atoms with Crippen LogP contribution in [-0.4, -0.2) is 18.9 Å². The van der Waals surface area contributed by atoms with E-state index in [4.69, 9.17) is 5.73 Å². The monoisotopic (exact) mass is 188 g/mol. The van der Waals surface area contributed by atoms with Crippen LogP contribution in [0.5, 0.6) is 0 Å². The molecule has 13 heavy (non-hydrogen) atoms. The van der Waals surface area contributed by atoms with E-state index in [1.807, 2.05) is 13.8 Å². The van der Waals surface area contributed by atoms with Crippen LogP contribution >= 0.6 is 0 Å². The van der Waals surface area contributed by atoms with Crippen molar-refractivity contribution in [2.75, 3.05) is 7.05 Å². The molecule has 0 aromatic carbocycles. The SMILES string of the molecule is CC[C@H](C)CC(N)=O.CNC(C)=O. The molecule has 3 N–H and O–H groups in total. The van der Waals surface area contributed by atoms with E-state index >= 15 is 0 Å². The number of amides is 2. The van der Waals surface area contributed by atoms with E-state index in [1.54, 1.807) is 7.05 Å². The van der Waals surface area contributed by atoms with Crippen LogP contribution in [0.2, 0.25) is 0 Å². The van der Waals surface area contributed by atoms with Crippen LogP contribution in [0, 0.1) is 5.92 Å². The molecule has 0 fully saturated rings. The molecule has 0 saturated carbocycles. The van der Waals surface area contributed by atoms with Gasteiger partial charge in [-0.2, -0.15) is 0 Å². The van der Waals surface area contributed by atoms with Gasteiger partial charge in [0.15, 0.2) is 0 Å². The van der Waals surface area contributed by atoms with Crippen LogP contribution in [-0.2, 0) is 9.59 Å². The molecule has 0 unspecified atom stereocenters. The van der Waals surface area contributed by atoms with Crippen molar-refractivity contribution in [2.45, 2.75) is 33.6 Å². The molecule has 2 amide bonds. The van der Waals surface area contributed by atoms with Crippen molar-refractivity contribution in [3.05, 3.63) is 0 Å². The van der Waals surface area contributed by atoms with Crippen molar-refractivity contribution in [1.29, 1.82) is 0 Å². The molecule has 0 aromatic rings. The van der Waals surface area contributed by atoms with E-state index in [-0.39, 0.29) is 11.8 Å². The molecule has 0 aliphatic carbocycles. The lowest BCUT2D eigenvalue weighted by Crippen LogP contribution is -2.13. The fraction of sp³-hybridized carbons (Fsp3) is 0.778. The predicted octanol–water partition coefficient (Wildman–Crippen LogP) is 0.660. The first-order valence-electron chi connectivity index (χ1n) is 4.40. The third kappa shape index (κ3) is 18.2. The Morgan fingerprint density at radius 3 is 1.92 bits per heavy atom. The number of hydrogen-bond acceptors (Lipinski definition) is 2. The Morgan fingerprint density at radius 2 is 1.85 bits per heavy atom. The third-order valence-corrected chi connectivity index (χ3v) is 1.60. The van der Waals surface area contributed by atoms with Gasteiger partial charge in [-0.05, 0) is 5.92 Å². The van der Waals surface area contributed by atoms with E-state index < -0.39 is 0 Å². The number of rotatable bonds is 3. The van der Waals surface area contributed by atoms with Gasteiger partial charge in [0.1, 0.15) is 0 Å². The highest BCUT2D eigenvalue weighted by molar-refractivity contribution is 5.73. The van der Waals surface area contributed by atoms with Crippen LogP contribution in [0.25, 0.3) is 0 Å². The lowest BCUT2D eigenvalue weighted by Gasteiger charge is -2.01. The van der Waals surface area contributed by atoms with Crippen molar-refractivity contribution < 1.29 is 9.59 Å². The minimum Gasteiger partial charge on any atom is -0.370 e. The van der Waals surface area contributed by atoms with Gasteiger partial charge in [-0.15, -0.1) is 0 Å². The minimum absolute atomic E-state index is 0.00463. The first-order chi connectivity index (χ1) is 5.93. The summed E-state index contributed by atoms with van der Waals surface area (Å²) in [7, 11) is 1.60. The summed E-state index contributed by atoms with van der Waals surface area (Å²) in [6.45, 7) is 5.54. The van der Waals surface area contributed by atoms with Crippen molar-refractivity contribution in [2.24, 2.45) is 11.7 Å². The van der Waals surface area contributed by atoms with Gasteiger partial charge < -0.3 is 11.1 Å². The predicted molar refractivity (Wildman–Crippen MR) is 53.0 cm³/mol. The van der Waals surface area contributed by atoms with E-state index in [1.165, 1.54) is 6.92 Å². The largest absolute Gasteiger partial charge is 0.370 e. The van der Waals surface area contributed by atoms with Gasteiger partial charge in [-0.3, -0.25) is 9.59 Å². The Kier molecular flexibility index (Phi) is 10.0. The van der Waals surface area contributed by atoms with Crippen molar-refractivity contribution in [3.63, 3.8) is 0 Å². The van der Waals surface area contributed by atoms with Crippen molar-refractivity contribution in [3.8, 4) is 0 Å². The topological polar surface area (TPSA) is 72.2 Å². The first kappa shape index (κ1) is 14.5. The quantitative estimate of drug-likeness (QED) is 0.683. The van der Waals surface area contributed by atoms with Crippen LogP contribution in [0.1, 0.15) is 33.6 Å². The zero-order valence-corrected chi connectivity index (χ0v) is 8.89. The van der Waals surface area contributed by atoms with Gasteiger partial charge in [0.25, 0.3) is 0 Å². The highest BCUT2D eigenvalue weighted by Crippen LogP contribution is 2.03. The summed E-state index contributed by atoms with van der Waals surface area (Å²) >= 11 is 0. The van der Waals surface area contributed by atoms with Crippen molar-refractivity contribution in [1.82, 2.24) is 5.32 Å². The number of nitrogens with two attached hydrogens (primary N) is 1. The normalized spacial score (nSPS) is 10.8. The molecule has 0 heterocycles. The Morgan fingerprint density at radius 1 is 1.46 bits per heavy atom. The van der Waals surface area contributed by atoms with Gasteiger partial charge in [0, 0.05) is 20.4 Å². The maximum Gasteiger partial charge on any atom is 0.217 e. The highest BCUT2D eigenvalue weighted by atomic mass is 16.1. The third-order valence-electron chi connectivity index (χ3n) is 1.60. The maximum absolute atomic E-state index is 10.2. The first-order valence-corrected chi connectivity index (χ1v) is 4.40. The Balaban J connectivity index is 0. The Hall–Kier alpha value is -1.06. The Bertz CT molecular complexity index is 158. The molecule has 4 nitrogen and oxygen atoms in total. The number of hydrogen-bond donors (Lipinski definition) is 2. The molecule has 0 bridgehead atoms. The van der Waals surface area contributed by atoms with Crippen LogP contribution in [0.4, 0.5) is 0 Å². The van der Waals surface area contributed by atoms with E-state index in [0.717, 1.165) is 6.42 Å². The second-order valence-corrected chi connectivity index (χ2v) is 2.99. The molecule has 0 aliphatic rings. The molecule has 0 aromatic heterocycles. The van der Waals surface area contributed by atoms with E-state index in [2.05, 4.69) is 5.32 Å². The Labute approximate surface area is 79.9 Å². The maximum atomic E-state index is 10.2. The summed E-state index contributed by atoms with van der Waals surface area (Å²) in [5.41, 5.74) is 4.93. The standard InChI is InChI=1S/C6H13NO.C3H7NO/c1-3-5(2)4-6(7)8;1-3(5)4-2/h5H,3-4H2,1-2H3,(H2,7,8);1-2H3,(H,4,5)/t5-;/m0./s1. The van der Waals surface area contributed by atoms with Gasteiger partial charge >= 0.3 is 0 Å². The molecule has 0 saturated heterocycles. The molecule has 0 aliphatic heterocycles. The molecule has 0 radical (unpaired) electrons. The minimum atomic E-state index is -0.195. The summed E-state index contributed by atoms with van der Waals surface area (Å²) in [5.74, 6) is 0.261. The number of nitrogens with one attached hydrogen (secondary N) is 1. The van der Waals surface area contributed by atoms with Gasteiger partial charge in [-0.25, -0.2) is 0 Å². The summed E-state index contributed by atoms with van der Waals surface area (Å²) < 4.78 is 0. The van der Waals surface area contributed by atoms with E-state index in [0.29, 0.717) is 12.3 Å². The molecule has 0 rings (SSSR count). The average molecular weight is 188 g/mol. The van der Waals surface area contributed by atoms with Crippen LogP contribution in [0.15, 0.2) is 0 Å². The van der Waals surface area contributed by atoms with Gasteiger partial charge in [0.05, 0.1) is 0 Å². The van der Waals surface area contributed by atoms with Crippen LogP contribution < -0.4 is 11.1 Å². The summed E-state index contributed by atoms with van der Waals surface area (Å²) in [4.78, 5) is 19.9. The molecular formula is C9H20N2O2. The number of carbonyl (C=O) groups excluding carboxylic acids is 2. The summed E-state index contributed by atoms with van der Waals surface area (Å²) in [6, 6.07) is 0. The molecule has 78 valence electrons. The number of primary amides is 1. The fourth-order valence-electron chi connectivity index (χ4n) is 0.488. The average Bonchev–Trinajstić information content (AvgIpc) is 2.04.